The molecule has 0 aliphatic rings. The molecule has 3 aromatic rings. The van der Waals surface area contributed by atoms with Crippen LogP contribution in [-0.2, 0) is 0 Å². The molecular formula is C18H20N4O6S. The number of ether oxygens (including phenoxy) is 2. The summed E-state index contributed by atoms with van der Waals surface area (Å²) in [5.41, 5.74) is 0.649. The quantitative estimate of drug-likeness (QED) is 0.404. The smallest absolute Gasteiger partial charge is 0.433 e. The number of amides is 1. The van der Waals surface area contributed by atoms with E-state index in [1.165, 1.54) is 29.4 Å². The highest BCUT2D eigenvalue weighted by Gasteiger charge is 2.26. The molecule has 154 valence electrons. The first-order valence-electron chi connectivity index (χ1n) is 8.57. The molecule has 2 heterocycles. The van der Waals surface area contributed by atoms with Crippen LogP contribution >= 0.6 is 11.3 Å². The summed E-state index contributed by atoms with van der Waals surface area (Å²) in [5, 5.41) is 11.3. The van der Waals surface area contributed by atoms with Gasteiger partial charge in [0, 0.05) is 25.2 Å². The predicted molar refractivity (Wildman–Crippen MR) is 108 cm³/mol. The fraction of sp³-hybridized carbons (Fsp3) is 0.333. The SMILES string of the molecule is COc1cc2nc(N(CCN(C)C)C(=O)c3ccc([N+](=O)[O-])o3)sc2cc1OC. The summed E-state index contributed by atoms with van der Waals surface area (Å²) in [7, 11) is 6.85. The summed E-state index contributed by atoms with van der Waals surface area (Å²) < 4.78 is 16.5. The third-order valence-corrected chi connectivity index (χ3v) is 5.15. The first-order valence-corrected chi connectivity index (χ1v) is 9.39. The van der Waals surface area contributed by atoms with Crippen molar-refractivity contribution in [1.29, 1.82) is 0 Å². The van der Waals surface area contributed by atoms with Crippen LogP contribution in [0.2, 0.25) is 0 Å². The molecule has 0 bridgehead atoms. The van der Waals surface area contributed by atoms with Crippen molar-refractivity contribution in [3.8, 4) is 11.5 Å². The Morgan fingerprint density at radius 2 is 1.90 bits per heavy atom. The summed E-state index contributed by atoms with van der Waals surface area (Å²) in [4.78, 5) is 31.1. The average Bonchev–Trinajstić information content (AvgIpc) is 3.33. The van der Waals surface area contributed by atoms with E-state index in [4.69, 9.17) is 13.9 Å². The number of aromatic nitrogens is 1. The zero-order chi connectivity index (χ0) is 21.1. The number of benzene rings is 1. The van der Waals surface area contributed by atoms with E-state index < -0.39 is 16.7 Å². The zero-order valence-corrected chi connectivity index (χ0v) is 17.2. The molecule has 0 saturated carbocycles. The van der Waals surface area contributed by atoms with Crippen molar-refractivity contribution in [3.63, 3.8) is 0 Å². The van der Waals surface area contributed by atoms with Crippen LogP contribution < -0.4 is 14.4 Å². The van der Waals surface area contributed by atoms with Crippen molar-refractivity contribution in [2.45, 2.75) is 0 Å². The molecule has 10 nitrogen and oxygen atoms in total. The Labute approximate surface area is 170 Å². The number of anilines is 1. The Hall–Kier alpha value is -3.18. The minimum absolute atomic E-state index is 0.120. The number of fused-ring (bicyclic) bond motifs is 1. The Morgan fingerprint density at radius 1 is 1.21 bits per heavy atom. The predicted octanol–water partition coefficient (Wildman–Crippen LogP) is 3.02. The van der Waals surface area contributed by atoms with Crippen LogP contribution in [0.4, 0.5) is 11.0 Å². The van der Waals surface area contributed by atoms with Crippen LogP contribution in [-0.4, -0.2) is 62.1 Å². The van der Waals surface area contributed by atoms with Crippen molar-refractivity contribution in [3.05, 3.63) is 40.1 Å². The first-order chi connectivity index (χ1) is 13.8. The highest BCUT2D eigenvalue weighted by Crippen LogP contribution is 2.37. The molecule has 1 amide bonds. The van der Waals surface area contributed by atoms with Crippen LogP contribution in [0.25, 0.3) is 10.2 Å². The maximum absolute atomic E-state index is 13.0. The van der Waals surface area contributed by atoms with Gasteiger partial charge in [0.05, 0.1) is 30.5 Å². The van der Waals surface area contributed by atoms with E-state index in [2.05, 4.69) is 4.98 Å². The molecule has 0 unspecified atom stereocenters. The Kier molecular flexibility index (Phi) is 5.99. The number of carbonyl (C=O) groups excluding carboxylic acids is 1. The topological polar surface area (TPSA) is 111 Å². The summed E-state index contributed by atoms with van der Waals surface area (Å²) in [6.07, 6.45) is 0. The second kappa shape index (κ2) is 8.45. The number of carbonyl (C=O) groups is 1. The van der Waals surface area contributed by atoms with Crippen molar-refractivity contribution in [1.82, 2.24) is 9.88 Å². The van der Waals surface area contributed by atoms with E-state index in [1.54, 1.807) is 19.2 Å². The highest BCUT2D eigenvalue weighted by molar-refractivity contribution is 7.22. The number of hydrogen-bond acceptors (Lipinski definition) is 9. The van der Waals surface area contributed by atoms with Crippen molar-refractivity contribution in [2.75, 3.05) is 46.3 Å². The molecule has 0 radical (unpaired) electrons. The largest absolute Gasteiger partial charge is 0.493 e. The number of nitro groups is 1. The minimum atomic E-state index is -0.683. The molecule has 1 aromatic carbocycles. The number of thiazole rings is 1. The molecule has 29 heavy (non-hydrogen) atoms. The number of furan rings is 1. The zero-order valence-electron chi connectivity index (χ0n) is 16.4. The van der Waals surface area contributed by atoms with Crippen molar-refractivity contribution < 1.29 is 23.6 Å². The number of hydrogen-bond donors (Lipinski definition) is 0. The van der Waals surface area contributed by atoms with Gasteiger partial charge in [-0.25, -0.2) is 4.98 Å². The molecule has 0 aliphatic heterocycles. The average molecular weight is 420 g/mol. The van der Waals surface area contributed by atoms with Gasteiger partial charge in [-0.05, 0) is 20.2 Å². The lowest BCUT2D eigenvalue weighted by molar-refractivity contribution is -0.402. The molecule has 0 N–H and O–H groups in total. The first kappa shape index (κ1) is 20.6. The van der Waals surface area contributed by atoms with Gasteiger partial charge in [-0.3, -0.25) is 19.8 Å². The maximum atomic E-state index is 13.0. The van der Waals surface area contributed by atoms with Crippen LogP contribution in [0.15, 0.2) is 28.7 Å². The molecule has 3 rings (SSSR count). The fourth-order valence-corrected chi connectivity index (χ4v) is 3.62. The van der Waals surface area contributed by atoms with Gasteiger partial charge in [-0.2, -0.15) is 0 Å². The molecule has 0 saturated heterocycles. The van der Waals surface area contributed by atoms with Gasteiger partial charge in [-0.15, -0.1) is 0 Å². The number of rotatable bonds is 8. The third kappa shape index (κ3) is 4.30. The van der Waals surface area contributed by atoms with Crippen LogP contribution in [0.5, 0.6) is 11.5 Å². The lowest BCUT2D eigenvalue weighted by Crippen LogP contribution is -2.36. The molecule has 0 atom stereocenters. The molecular weight excluding hydrogens is 400 g/mol. The van der Waals surface area contributed by atoms with Gasteiger partial charge in [0.15, 0.2) is 22.4 Å². The van der Waals surface area contributed by atoms with Crippen molar-refractivity contribution >= 4 is 38.5 Å². The normalized spacial score (nSPS) is 11.1. The van der Waals surface area contributed by atoms with Gasteiger partial charge in [0.2, 0.25) is 0 Å². The third-order valence-electron chi connectivity index (χ3n) is 4.11. The van der Waals surface area contributed by atoms with Crippen LogP contribution in [0.1, 0.15) is 10.6 Å². The second-order valence-corrected chi connectivity index (χ2v) is 7.34. The van der Waals surface area contributed by atoms with Gasteiger partial charge < -0.3 is 18.8 Å². The monoisotopic (exact) mass is 420 g/mol. The Balaban J connectivity index is 2.01. The van der Waals surface area contributed by atoms with E-state index in [0.29, 0.717) is 35.2 Å². The Morgan fingerprint density at radius 3 is 2.48 bits per heavy atom. The van der Waals surface area contributed by atoms with E-state index in [-0.39, 0.29) is 5.76 Å². The second-order valence-electron chi connectivity index (χ2n) is 6.33. The minimum Gasteiger partial charge on any atom is -0.493 e. The summed E-state index contributed by atoms with van der Waals surface area (Å²) in [6.45, 7) is 0.894. The summed E-state index contributed by atoms with van der Waals surface area (Å²) >= 11 is 1.31. The molecule has 0 fully saturated rings. The molecule has 2 aromatic heterocycles. The Bertz CT molecular complexity index is 1000. The van der Waals surface area contributed by atoms with Crippen LogP contribution in [0, 0.1) is 10.1 Å². The number of nitrogens with zero attached hydrogens (tertiary/aromatic N) is 4. The van der Waals surface area contributed by atoms with E-state index in [9.17, 15) is 14.9 Å². The lowest BCUT2D eigenvalue weighted by atomic mass is 10.3. The van der Waals surface area contributed by atoms with E-state index in [0.717, 1.165) is 10.8 Å². The standard InChI is InChI=1S/C18H20N4O6S/c1-20(2)7-8-21(17(23)12-5-6-16(28-12)22(24)25)18-19-11-9-13(26-3)14(27-4)10-15(11)29-18/h5-6,9-10H,7-8H2,1-4H3. The van der Waals surface area contributed by atoms with E-state index in [1.807, 2.05) is 19.0 Å². The van der Waals surface area contributed by atoms with Gasteiger partial charge >= 0.3 is 5.88 Å². The van der Waals surface area contributed by atoms with Crippen LogP contribution in [0.3, 0.4) is 0 Å². The lowest BCUT2D eigenvalue weighted by Gasteiger charge is -2.20. The fourth-order valence-electron chi connectivity index (χ4n) is 2.62. The van der Waals surface area contributed by atoms with Gasteiger partial charge in [-0.1, -0.05) is 11.3 Å². The molecule has 0 aliphatic carbocycles. The summed E-state index contributed by atoms with van der Waals surface area (Å²) in [6, 6.07) is 5.98. The van der Waals surface area contributed by atoms with Crippen molar-refractivity contribution in [2.24, 2.45) is 0 Å². The highest BCUT2D eigenvalue weighted by atomic mass is 32.1. The summed E-state index contributed by atoms with van der Waals surface area (Å²) in [5.74, 6) is -0.0183. The van der Waals surface area contributed by atoms with Gasteiger partial charge in [0.25, 0.3) is 5.91 Å². The molecule has 0 spiro atoms. The van der Waals surface area contributed by atoms with Gasteiger partial charge in [0.1, 0.15) is 4.92 Å². The number of likely N-dealkylation sites (N-methyl/N-ethyl adjacent to an activating group) is 1. The molecule has 11 heteroatoms. The number of methoxy groups -OCH3 is 2. The van der Waals surface area contributed by atoms with E-state index >= 15 is 0 Å². The maximum Gasteiger partial charge on any atom is 0.433 e.